The summed E-state index contributed by atoms with van der Waals surface area (Å²) in [6.45, 7) is 5.47. The molecule has 28 heavy (non-hydrogen) atoms. The van der Waals surface area contributed by atoms with Crippen LogP contribution in [0.25, 0.3) is 0 Å². The second kappa shape index (κ2) is 10.3. The highest BCUT2D eigenvalue weighted by molar-refractivity contribution is 7.80. The molecule has 0 radical (unpaired) electrons. The van der Waals surface area contributed by atoms with Gasteiger partial charge in [-0.2, -0.15) is 0 Å². The number of carbonyl (C=O) groups is 2. The predicted molar refractivity (Wildman–Crippen MR) is 110 cm³/mol. The number of hydrogen-bond acceptors (Lipinski definition) is 5. The van der Waals surface area contributed by atoms with Crippen LogP contribution < -0.4 is 25.6 Å². The van der Waals surface area contributed by atoms with Gasteiger partial charge in [-0.15, -0.1) is 0 Å². The van der Waals surface area contributed by atoms with Crippen molar-refractivity contribution >= 4 is 29.1 Å². The standard InChI is InChI=1S/C20H23N3O4S/c1-13(2)27-17-10-5-4-9-16(17)19(25)21-20(28)23-22-18(24)12-26-15-8-6-7-14(3)11-15/h4-11,13H,12H2,1-3H3,(H,22,24)(H2,21,23,25,28). The Balaban J connectivity index is 1.80. The highest BCUT2D eigenvalue weighted by atomic mass is 32.1. The number of benzene rings is 2. The number of para-hydroxylation sites is 1. The van der Waals surface area contributed by atoms with Gasteiger partial charge in [-0.05, 0) is 62.8 Å². The highest BCUT2D eigenvalue weighted by Crippen LogP contribution is 2.19. The molecule has 0 aliphatic rings. The predicted octanol–water partition coefficient (Wildman–Crippen LogP) is 2.50. The molecule has 2 amide bonds. The van der Waals surface area contributed by atoms with E-state index in [9.17, 15) is 9.59 Å². The minimum Gasteiger partial charge on any atom is -0.490 e. The molecular weight excluding hydrogens is 378 g/mol. The van der Waals surface area contributed by atoms with Crippen molar-refractivity contribution in [2.75, 3.05) is 6.61 Å². The van der Waals surface area contributed by atoms with Gasteiger partial charge in [-0.25, -0.2) is 0 Å². The number of thiocarbonyl (C=S) groups is 1. The van der Waals surface area contributed by atoms with Crippen LogP contribution in [0.3, 0.4) is 0 Å². The molecule has 2 rings (SSSR count). The molecule has 7 nitrogen and oxygen atoms in total. The maximum Gasteiger partial charge on any atom is 0.276 e. The fourth-order valence-electron chi connectivity index (χ4n) is 2.23. The van der Waals surface area contributed by atoms with Crippen molar-refractivity contribution in [1.82, 2.24) is 16.2 Å². The van der Waals surface area contributed by atoms with Crippen LogP contribution in [0.4, 0.5) is 0 Å². The maximum atomic E-state index is 12.4. The van der Waals surface area contributed by atoms with Gasteiger partial charge in [0.1, 0.15) is 11.5 Å². The summed E-state index contributed by atoms with van der Waals surface area (Å²) in [7, 11) is 0. The number of amides is 2. The lowest BCUT2D eigenvalue weighted by Gasteiger charge is -2.15. The smallest absolute Gasteiger partial charge is 0.276 e. The van der Waals surface area contributed by atoms with Crippen LogP contribution in [-0.4, -0.2) is 29.6 Å². The second-order valence-corrected chi connectivity index (χ2v) is 6.63. The third-order valence-electron chi connectivity index (χ3n) is 3.40. The van der Waals surface area contributed by atoms with Gasteiger partial charge in [-0.3, -0.25) is 25.8 Å². The Kier molecular flexibility index (Phi) is 7.76. The van der Waals surface area contributed by atoms with E-state index in [2.05, 4.69) is 16.2 Å². The summed E-state index contributed by atoms with van der Waals surface area (Å²) >= 11 is 5.04. The Labute approximate surface area is 169 Å². The third kappa shape index (κ3) is 6.88. The molecule has 0 aliphatic heterocycles. The lowest BCUT2D eigenvalue weighted by Crippen LogP contribution is -2.49. The second-order valence-electron chi connectivity index (χ2n) is 6.22. The Morgan fingerprint density at radius 3 is 2.54 bits per heavy atom. The first-order valence-electron chi connectivity index (χ1n) is 8.70. The van der Waals surface area contributed by atoms with Crippen molar-refractivity contribution < 1.29 is 19.1 Å². The SMILES string of the molecule is Cc1cccc(OCC(=O)NNC(=S)NC(=O)c2ccccc2OC(C)C)c1. The van der Waals surface area contributed by atoms with Crippen molar-refractivity contribution in [2.24, 2.45) is 0 Å². The Bertz CT molecular complexity index is 855. The van der Waals surface area contributed by atoms with E-state index >= 15 is 0 Å². The van der Waals surface area contributed by atoms with E-state index in [4.69, 9.17) is 21.7 Å². The van der Waals surface area contributed by atoms with Crippen LogP contribution in [0.15, 0.2) is 48.5 Å². The van der Waals surface area contributed by atoms with Gasteiger partial charge in [0, 0.05) is 0 Å². The van der Waals surface area contributed by atoms with Crippen molar-refractivity contribution in [1.29, 1.82) is 0 Å². The number of ether oxygens (including phenoxy) is 2. The van der Waals surface area contributed by atoms with Gasteiger partial charge in [0.25, 0.3) is 11.8 Å². The summed E-state index contributed by atoms with van der Waals surface area (Å²) in [5, 5.41) is 2.44. The number of nitrogens with one attached hydrogen (secondary N) is 3. The molecule has 3 N–H and O–H groups in total. The highest BCUT2D eigenvalue weighted by Gasteiger charge is 2.14. The number of aryl methyl sites for hydroxylation is 1. The quantitative estimate of drug-likeness (QED) is 0.509. The topological polar surface area (TPSA) is 88.7 Å². The van der Waals surface area contributed by atoms with Crippen LogP contribution in [-0.2, 0) is 4.79 Å². The van der Waals surface area contributed by atoms with Crippen LogP contribution >= 0.6 is 12.2 Å². The Morgan fingerprint density at radius 1 is 1.07 bits per heavy atom. The molecule has 2 aromatic rings. The molecule has 8 heteroatoms. The molecule has 0 fully saturated rings. The zero-order valence-corrected chi connectivity index (χ0v) is 16.8. The molecule has 0 aromatic heterocycles. The molecule has 0 aliphatic carbocycles. The molecule has 0 unspecified atom stereocenters. The van der Waals surface area contributed by atoms with Crippen molar-refractivity contribution in [3.63, 3.8) is 0 Å². The minimum atomic E-state index is -0.445. The number of hydrazine groups is 1. The van der Waals surface area contributed by atoms with Crippen LogP contribution in [0.2, 0.25) is 0 Å². The van der Waals surface area contributed by atoms with E-state index in [0.29, 0.717) is 17.1 Å². The van der Waals surface area contributed by atoms with E-state index in [1.165, 1.54) is 0 Å². The Morgan fingerprint density at radius 2 is 1.82 bits per heavy atom. The van der Waals surface area contributed by atoms with Gasteiger partial charge in [0.2, 0.25) is 0 Å². The summed E-state index contributed by atoms with van der Waals surface area (Å²) in [6.07, 6.45) is -0.0771. The lowest BCUT2D eigenvalue weighted by atomic mass is 10.2. The number of rotatable bonds is 6. The molecule has 2 aromatic carbocycles. The largest absolute Gasteiger partial charge is 0.490 e. The van der Waals surface area contributed by atoms with Gasteiger partial charge < -0.3 is 9.47 Å². The van der Waals surface area contributed by atoms with Gasteiger partial charge in [0.05, 0.1) is 11.7 Å². The fourth-order valence-corrected chi connectivity index (χ4v) is 2.37. The van der Waals surface area contributed by atoms with Crippen molar-refractivity contribution in [2.45, 2.75) is 26.9 Å². The molecule has 0 bridgehead atoms. The molecule has 0 saturated heterocycles. The first-order valence-corrected chi connectivity index (χ1v) is 9.11. The number of hydrogen-bond donors (Lipinski definition) is 3. The fraction of sp³-hybridized carbons (Fsp3) is 0.250. The zero-order valence-electron chi connectivity index (χ0n) is 15.9. The summed E-state index contributed by atoms with van der Waals surface area (Å²) in [5.41, 5.74) is 6.21. The third-order valence-corrected chi connectivity index (χ3v) is 3.60. The normalized spacial score (nSPS) is 10.1. The maximum absolute atomic E-state index is 12.4. The van der Waals surface area contributed by atoms with Crippen molar-refractivity contribution in [3.8, 4) is 11.5 Å². The number of carbonyl (C=O) groups excluding carboxylic acids is 2. The first-order chi connectivity index (χ1) is 13.3. The summed E-state index contributed by atoms with van der Waals surface area (Å²) in [4.78, 5) is 24.2. The van der Waals surface area contributed by atoms with Crippen molar-refractivity contribution in [3.05, 3.63) is 59.7 Å². The molecule has 0 atom stereocenters. The summed E-state index contributed by atoms with van der Waals surface area (Å²) in [5.74, 6) is 0.154. The molecule has 0 heterocycles. The minimum absolute atomic E-state index is 0.0479. The van der Waals surface area contributed by atoms with E-state index in [0.717, 1.165) is 5.56 Å². The summed E-state index contributed by atoms with van der Waals surface area (Å²) < 4.78 is 11.0. The molecule has 148 valence electrons. The first kappa shape index (κ1) is 21.2. The van der Waals surface area contributed by atoms with E-state index in [1.807, 2.05) is 39.0 Å². The van der Waals surface area contributed by atoms with Crippen LogP contribution in [0, 0.1) is 6.92 Å². The Hall–Kier alpha value is -3.13. The van der Waals surface area contributed by atoms with Gasteiger partial charge in [-0.1, -0.05) is 24.3 Å². The average Bonchev–Trinajstić information content (AvgIpc) is 2.64. The van der Waals surface area contributed by atoms with Gasteiger partial charge in [0.15, 0.2) is 11.7 Å². The molecule has 0 saturated carbocycles. The van der Waals surface area contributed by atoms with Crippen LogP contribution in [0.5, 0.6) is 11.5 Å². The van der Waals surface area contributed by atoms with E-state index in [1.54, 1.807) is 30.3 Å². The average molecular weight is 401 g/mol. The lowest BCUT2D eigenvalue weighted by molar-refractivity contribution is -0.123. The van der Waals surface area contributed by atoms with E-state index in [-0.39, 0.29) is 17.8 Å². The zero-order chi connectivity index (χ0) is 20.5. The van der Waals surface area contributed by atoms with E-state index < -0.39 is 11.8 Å². The monoisotopic (exact) mass is 401 g/mol. The van der Waals surface area contributed by atoms with Gasteiger partial charge >= 0.3 is 0 Å². The van der Waals surface area contributed by atoms with Crippen LogP contribution in [0.1, 0.15) is 29.8 Å². The molecule has 0 spiro atoms. The molecular formula is C20H23N3O4S. The summed E-state index contributed by atoms with van der Waals surface area (Å²) in [6, 6.07) is 14.2.